The fourth-order valence-corrected chi connectivity index (χ4v) is 5.10. The molecule has 0 saturated carbocycles. The van der Waals surface area contributed by atoms with E-state index in [4.69, 9.17) is 16.6 Å². The van der Waals surface area contributed by atoms with Gasteiger partial charge in [-0.05, 0) is 52.8 Å². The van der Waals surface area contributed by atoms with Gasteiger partial charge in [0.15, 0.2) is 5.65 Å². The largest absolute Gasteiger partial charge is 0.366 e. The number of nitrogens with zero attached hydrogens (tertiary/aromatic N) is 3. The summed E-state index contributed by atoms with van der Waals surface area (Å²) >= 11 is 6.48. The lowest BCUT2D eigenvalue weighted by molar-refractivity contribution is 0.102. The fourth-order valence-electron chi connectivity index (χ4n) is 4.87. The molecule has 0 unspecified atom stereocenters. The Hall–Kier alpha value is -4.88. The Morgan fingerprint density at radius 1 is 0.854 bits per heavy atom. The number of carbonyl (C=O) groups excluding carboxylic acids is 1. The van der Waals surface area contributed by atoms with Crippen LogP contribution in [-0.2, 0) is 13.0 Å². The molecule has 4 aromatic carbocycles. The van der Waals surface area contributed by atoms with Crippen LogP contribution in [0.4, 0.5) is 11.5 Å². The lowest BCUT2D eigenvalue weighted by atomic mass is 9.99. The van der Waals surface area contributed by atoms with E-state index >= 15 is 0 Å². The van der Waals surface area contributed by atoms with Gasteiger partial charge in [-0.2, -0.15) is 9.61 Å². The minimum absolute atomic E-state index is 0.131. The highest BCUT2D eigenvalue weighted by molar-refractivity contribution is 6.36. The molecule has 6 rings (SSSR count). The van der Waals surface area contributed by atoms with Crippen LogP contribution in [0.5, 0.6) is 0 Å². The number of nitrogens with one attached hydrogen (secondary N) is 2. The number of anilines is 2. The number of aromatic nitrogens is 3. The maximum absolute atomic E-state index is 13.3. The van der Waals surface area contributed by atoms with Gasteiger partial charge in [0.25, 0.3) is 5.91 Å². The van der Waals surface area contributed by atoms with Crippen LogP contribution in [0, 0.1) is 0 Å². The van der Waals surface area contributed by atoms with Crippen molar-refractivity contribution in [3.8, 4) is 11.3 Å². The fraction of sp³-hybridized carbons (Fsp3) is 0.0606. The monoisotopic (exact) mass is 555 g/mol. The van der Waals surface area contributed by atoms with E-state index < -0.39 is 0 Å². The van der Waals surface area contributed by atoms with Crippen LogP contribution < -0.4 is 16.1 Å². The molecule has 1 amide bonds. The third kappa shape index (κ3) is 5.86. The molecule has 2 aromatic heterocycles. The number of fused-ring (bicyclic) bond motifs is 1. The van der Waals surface area contributed by atoms with E-state index in [9.17, 15) is 4.79 Å². The molecule has 0 fully saturated rings. The van der Waals surface area contributed by atoms with Crippen LogP contribution in [0.15, 0.2) is 115 Å². The minimum Gasteiger partial charge on any atom is -0.366 e. The van der Waals surface area contributed by atoms with E-state index in [1.165, 1.54) is 0 Å². The number of carbonyl (C=O) groups is 1. The molecule has 200 valence electrons. The van der Waals surface area contributed by atoms with Crippen molar-refractivity contribution in [2.75, 3.05) is 10.6 Å². The summed E-state index contributed by atoms with van der Waals surface area (Å²) in [7, 11) is 1.99. The summed E-state index contributed by atoms with van der Waals surface area (Å²) in [5, 5.41) is 11.7. The standard InChI is InChI=1S/C33H27BClN5O/c34-28-21-37-40-31(19-30(39-32(28)40)27-15-6-7-16-29(27)35)36-20-23-11-8-13-25(18-23)38-33(41)26-14-5-4-12-24(26)17-22-9-2-1-3-10-22/h1-16,18-19,21,36H,17,20,34H2,(H,38,41). The van der Waals surface area contributed by atoms with Crippen molar-refractivity contribution >= 4 is 48.0 Å². The highest BCUT2D eigenvalue weighted by Crippen LogP contribution is 2.28. The lowest BCUT2D eigenvalue weighted by Gasteiger charge is -2.13. The van der Waals surface area contributed by atoms with Gasteiger partial charge in [0.05, 0.1) is 5.69 Å². The summed E-state index contributed by atoms with van der Waals surface area (Å²) in [4.78, 5) is 18.1. The molecule has 0 bridgehead atoms. The molecule has 6 aromatic rings. The summed E-state index contributed by atoms with van der Waals surface area (Å²) in [6, 6.07) is 35.4. The highest BCUT2D eigenvalue weighted by atomic mass is 35.5. The number of halogens is 1. The van der Waals surface area contributed by atoms with Gasteiger partial charge in [-0.25, -0.2) is 4.98 Å². The molecule has 0 atom stereocenters. The highest BCUT2D eigenvalue weighted by Gasteiger charge is 2.14. The number of hydrogen-bond acceptors (Lipinski definition) is 4. The Labute approximate surface area is 244 Å². The van der Waals surface area contributed by atoms with Crippen molar-refractivity contribution in [3.05, 3.63) is 143 Å². The molecule has 2 N–H and O–H groups in total. The Balaban J connectivity index is 1.21. The SMILES string of the molecule is Bc1cnn2c(NCc3cccc(NC(=O)c4ccccc4Cc4ccccc4)c3)cc(-c3ccccc3Cl)nc12. The van der Waals surface area contributed by atoms with Gasteiger partial charge in [0.2, 0.25) is 0 Å². The molecule has 8 heteroatoms. The quantitative estimate of drug-likeness (QED) is 0.234. The average Bonchev–Trinajstić information content (AvgIpc) is 3.37. The second-order valence-electron chi connectivity index (χ2n) is 9.90. The molecule has 0 spiro atoms. The van der Waals surface area contributed by atoms with E-state index in [1.54, 1.807) is 10.7 Å². The molecule has 2 heterocycles. The third-order valence-electron chi connectivity index (χ3n) is 6.96. The zero-order valence-corrected chi connectivity index (χ0v) is 23.3. The summed E-state index contributed by atoms with van der Waals surface area (Å²) in [5.41, 5.74) is 7.92. The van der Waals surface area contributed by atoms with Gasteiger partial charge >= 0.3 is 0 Å². The van der Waals surface area contributed by atoms with E-state index in [1.807, 2.05) is 105 Å². The minimum atomic E-state index is -0.131. The molecule has 0 radical (unpaired) electrons. The van der Waals surface area contributed by atoms with Crippen molar-refractivity contribution in [1.29, 1.82) is 0 Å². The van der Waals surface area contributed by atoms with Gasteiger partial charge in [-0.3, -0.25) is 4.79 Å². The van der Waals surface area contributed by atoms with Crippen LogP contribution >= 0.6 is 11.6 Å². The first-order chi connectivity index (χ1) is 20.0. The molecule has 0 saturated heterocycles. The Morgan fingerprint density at radius 3 is 2.46 bits per heavy atom. The van der Waals surface area contributed by atoms with E-state index in [0.29, 0.717) is 23.6 Å². The Bertz CT molecular complexity index is 1850. The van der Waals surface area contributed by atoms with Gasteiger partial charge in [-0.15, -0.1) is 0 Å². The smallest absolute Gasteiger partial charge is 0.255 e. The van der Waals surface area contributed by atoms with Gasteiger partial charge in [0, 0.05) is 40.6 Å². The predicted octanol–water partition coefficient (Wildman–Crippen LogP) is 5.76. The maximum atomic E-state index is 13.3. The zero-order valence-electron chi connectivity index (χ0n) is 22.5. The number of benzene rings is 4. The van der Waals surface area contributed by atoms with Crippen LogP contribution in [-0.4, -0.2) is 28.4 Å². The van der Waals surface area contributed by atoms with Crippen molar-refractivity contribution in [3.63, 3.8) is 0 Å². The summed E-state index contributed by atoms with van der Waals surface area (Å²) < 4.78 is 1.80. The number of amides is 1. The molecule has 0 aliphatic rings. The zero-order chi connectivity index (χ0) is 28.2. The van der Waals surface area contributed by atoms with E-state index in [2.05, 4.69) is 27.9 Å². The summed E-state index contributed by atoms with van der Waals surface area (Å²) in [6.07, 6.45) is 2.49. The van der Waals surface area contributed by atoms with Crippen molar-refractivity contribution in [2.45, 2.75) is 13.0 Å². The topological polar surface area (TPSA) is 71.3 Å². The molecular weight excluding hydrogens is 529 g/mol. The first kappa shape index (κ1) is 26.4. The predicted molar refractivity (Wildman–Crippen MR) is 169 cm³/mol. The Kier molecular flexibility index (Phi) is 7.52. The van der Waals surface area contributed by atoms with Crippen LogP contribution in [0.2, 0.25) is 5.02 Å². The van der Waals surface area contributed by atoms with Crippen LogP contribution in [0.1, 0.15) is 27.0 Å². The molecule has 6 nitrogen and oxygen atoms in total. The average molecular weight is 556 g/mol. The molecule has 0 aliphatic carbocycles. The lowest BCUT2D eigenvalue weighted by Crippen LogP contribution is -2.15. The third-order valence-corrected chi connectivity index (χ3v) is 7.29. The second kappa shape index (κ2) is 11.7. The first-order valence-corrected chi connectivity index (χ1v) is 13.8. The van der Waals surface area contributed by atoms with Crippen molar-refractivity contribution in [2.24, 2.45) is 0 Å². The first-order valence-electron chi connectivity index (χ1n) is 13.4. The van der Waals surface area contributed by atoms with Crippen molar-refractivity contribution < 1.29 is 4.79 Å². The van der Waals surface area contributed by atoms with Crippen molar-refractivity contribution in [1.82, 2.24) is 14.6 Å². The maximum Gasteiger partial charge on any atom is 0.255 e. The van der Waals surface area contributed by atoms with E-state index in [0.717, 1.165) is 50.6 Å². The van der Waals surface area contributed by atoms with Crippen LogP contribution in [0.25, 0.3) is 16.9 Å². The second-order valence-corrected chi connectivity index (χ2v) is 10.3. The van der Waals surface area contributed by atoms with Gasteiger partial charge < -0.3 is 10.6 Å². The normalized spacial score (nSPS) is 11.0. The number of hydrogen-bond donors (Lipinski definition) is 2. The molecule has 41 heavy (non-hydrogen) atoms. The summed E-state index contributed by atoms with van der Waals surface area (Å²) in [6.45, 7) is 0.522. The Morgan fingerprint density at radius 2 is 1.61 bits per heavy atom. The van der Waals surface area contributed by atoms with Crippen LogP contribution in [0.3, 0.4) is 0 Å². The van der Waals surface area contributed by atoms with E-state index in [-0.39, 0.29) is 5.91 Å². The number of rotatable bonds is 8. The van der Waals surface area contributed by atoms with Gasteiger partial charge in [-0.1, -0.05) is 90.5 Å². The summed E-state index contributed by atoms with van der Waals surface area (Å²) in [5.74, 6) is 0.663. The molecule has 0 aliphatic heterocycles. The molecular formula is C33H27BClN5O. The van der Waals surface area contributed by atoms with Gasteiger partial charge in [0.1, 0.15) is 13.7 Å².